The predicted molar refractivity (Wildman–Crippen MR) is 107 cm³/mol. The van der Waals surface area contributed by atoms with Gasteiger partial charge in [-0.2, -0.15) is 4.80 Å². The number of nitrogens with zero attached hydrogens (tertiary/aromatic N) is 4. The Bertz CT molecular complexity index is 956. The van der Waals surface area contributed by atoms with Crippen LogP contribution in [-0.2, 0) is 11.3 Å². The number of nitrogens with one attached hydrogen (secondary N) is 1. The molecule has 0 atom stereocenters. The largest absolute Gasteiger partial charge is 0.497 e. The summed E-state index contributed by atoms with van der Waals surface area (Å²) in [4.78, 5) is 13.6. The highest BCUT2D eigenvalue weighted by molar-refractivity contribution is 5.92. The number of tetrazole rings is 1. The molecule has 9 heteroatoms. The first-order chi connectivity index (χ1) is 14.1. The van der Waals surface area contributed by atoms with Crippen LogP contribution in [0.25, 0.3) is 11.4 Å². The molecule has 0 aliphatic carbocycles. The average Bonchev–Trinajstić information content (AvgIpc) is 3.21. The summed E-state index contributed by atoms with van der Waals surface area (Å²) in [6, 6.07) is 12.6. The number of carbonyl (C=O) groups is 1. The van der Waals surface area contributed by atoms with Gasteiger partial charge in [-0.15, -0.1) is 10.2 Å². The Morgan fingerprint density at radius 1 is 1.07 bits per heavy atom. The van der Waals surface area contributed by atoms with Crippen molar-refractivity contribution in [3.05, 3.63) is 42.5 Å². The van der Waals surface area contributed by atoms with E-state index in [1.54, 1.807) is 25.3 Å². The number of anilines is 1. The van der Waals surface area contributed by atoms with Gasteiger partial charge in [0.25, 0.3) is 0 Å². The van der Waals surface area contributed by atoms with Crippen LogP contribution in [0.3, 0.4) is 0 Å². The molecule has 3 rings (SSSR count). The third-order valence-electron chi connectivity index (χ3n) is 4.01. The number of rotatable bonds is 9. The summed E-state index contributed by atoms with van der Waals surface area (Å²) in [6.45, 7) is 2.64. The van der Waals surface area contributed by atoms with E-state index in [4.69, 9.17) is 14.2 Å². The molecule has 0 spiro atoms. The number of hydrogen-bond donors (Lipinski definition) is 1. The Morgan fingerprint density at radius 3 is 2.52 bits per heavy atom. The Kier molecular flexibility index (Phi) is 6.62. The molecule has 0 saturated carbocycles. The highest BCUT2D eigenvalue weighted by Gasteiger charge is 2.12. The normalized spacial score (nSPS) is 10.4. The van der Waals surface area contributed by atoms with Crippen LogP contribution in [0.5, 0.6) is 17.2 Å². The van der Waals surface area contributed by atoms with Gasteiger partial charge in [0, 0.05) is 11.6 Å². The van der Waals surface area contributed by atoms with Crippen LogP contribution in [0.4, 0.5) is 5.69 Å². The zero-order valence-corrected chi connectivity index (χ0v) is 16.6. The van der Waals surface area contributed by atoms with E-state index in [-0.39, 0.29) is 12.5 Å². The first-order valence-corrected chi connectivity index (χ1v) is 9.16. The average molecular weight is 397 g/mol. The van der Waals surface area contributed by atoms with Gasteiger partial charge in [0.1, 0.15) is 23.8 Å². The van der Waals surface area contributed by atoms with Crippen LogP contribution in [0.15, 0.2) is 42.5 Å². The summed E-state index contributed by atoms with van der Waals surface area (Å²) >= 11 is 0. The molecule has 1 heterocycles. The van der Waals surface area contributed by atoms with E-state index in [0.29, 0.717) is 29.6 Å². The number of aromatic nitrogens is 4. The molecule has 0 aliphatic heterocycles. The van der Waals surface area contributed by atoms with Crippen LogP contribution in [0.1, 0.15) is 13.3 Å². The van der Waals surface area contributed by atoms with E-state index in [1.165, 1.54) is 11.9 Å². The van der Waals surface area contributed by atoms with Gasteiger partial charge in [0.15, 0.2) is 0 Å². The highest BCUT2D eigenvalue weighted by atomic mass is 16.5. The molecule has 29 heavy (non-hydrogen) atoms. The SMILES string of the molecule is CCCOc1ccc(-c2nnn(CC(=O)Nc3ccc(OC)cc3OC)n2)cc1. The van der Waals surface area contributed by atoms with Gasteiger partial charge in [-0.25, -0.2) is 0 Å². The van der Waals surface area contributed by atoms with E-state index in [2.05, 4.69) is 27.7 Å². The molecule has 0 fully saturated rings. The molecule has 1 amide bonds. The third kappa shape index (κ3) is 5.22. The number of hydrogen-bond acceptors (Lipinski definition) is 7. The fraction of sp³-hybridized carbons (Fsp3) is 0.300. The molecular formula is C20H23N5O4. The van der Waals surface area contributed by atoms with Crippen LogP contribution in [0.2, 0.25) is 0 Å². The maximum Gasteiger partial charge on any atom is 0.248 e. The molecular weight excluding hydrogens is 374 g/mol. The van der Waals surface area contributed by atoms with E-state index in [1.807, 2.05) is 24.3 Å². The number of methoxy groups -OCH3 is 2. The Labute approximate surface area is 168 Å². The molecule has 0 bridgehead atoms. The summed E-state index contributed by atoms with van der Waals surface area (Å²) in [7, 11) is 3.08. The molecule has 0 aliphatic rings. The minimum atomic E-state index is -0.305. The minimum absolute atomic E-state index is 0.0835. The van der Waals surface area contributed by atoms with Gasteiger partial charge in [0.05, 0.1) is 26.5 Å². The summed E-state index contributed by atoms with van der Waals surface area (Å²) in [5.41, 5.74) is 1.32. The van der Waals surface area contributed by atoms with Gasteiger partial charge in [0.2, 0.25) is 11.7 Å². The quantitative estimate of drug-likeness (QED) is 0.592. The molecule has 1 aromatic heterocycles. The van der Waals surface area contributed by atoms with E-state index in [0.717, 1.165) is 17.7 Å². The smallest absolute Gasteiger partial charge is 0.248 e. The third-order valence-corrected chi connectivity index (χ3v) is 4.01. The van der Waals surface area contributed by atoms with Crippen molar-refractivity contribution in [3.8, 4) is 28.6 Å². The zero-order chi connectivity index (χ0) is 20.6. The standard InChI is InChI=1S/C20H23N5O4/c1-4-11-29-15-7-5-14(6-8-15)20-22-24-25(23-20)13-19(26)21-17-10-9-16(27-2)12-18(17)28-3/h5-10,12H,4,11,13H2,1-3H3,(H,21,26). The first-order valence-electron chi connectivity index (χ1n) is 9.16. The van der Waals surface area contributed by atoms with Crippen molar-refractivity contribution >= 4 is 11.6 Å². The van der Waals surface area contributed by atoms with Gasteiger partial charge >= 0.3 is 0 Å². The van der Waals surface area contributed by atoms with Crippen molar-refractivity contribution in [1.29, 1.82) is 0 Å². The Balaban J connectivity index is 1.63. The second-order valence-corrected chi connectivity index (χ2v) is 6.13. The highest BCUT2D eigenvalue weighted by Crippen LogP contribution is 2.29. The number of carbonyl (C=O) groups excluding carboxylic acids is 1. The zero-order valence-electron chi connectivity index (χ0n) is 16.6. The predicted octanol–water partition coefficient (Wildman–Crippen LogP) is 2.78. The lowest BCUT2D eigenvalue weighted by molar-refractivity contribution is -0.117. The lowest BCUT2D eigenvalue weighted by Crippen LogP contribution is -2.20. The Hall–Kier alpha value is -3.62. The van der Waals surface area contributed by atoms with Gasteiger partial charge < -0.3 is 19.5 Å². The van der Waals surface area contributed by atoms with E-state index in [9.17, 15) is 4.79 Å². The molecule has 0 unspecified atom stereocenters. The van der Waals surface area contributed by atoms with Crippen molar-refractivity contribution in [1.82, 2.24) is 20.2 Å². The fourth-order valence-corrected chi connectivity index (χ4v) is 2.57. The van der Waals surface area contributed by atoms with Gasteiger partial charge in [-0.1, -0.05) is 6.92 Å². The molecule has 152 valence electrons. The van der Waals surface area contributed by atoms with Crippen LogP contribution >= 0.6 is 0 Å². The van der Waals surface area contributed by atoms with Crippen LogP contribution in [-0.4, -0.2) is 46.9 Å². The van der Waals surface area contributed by atoms with E-state index < -0.39 is 0 Å². The molecule has 1 N–H and O–H groups in total. The second kappa shape index (κ2) is 9.54. The summed E-state index contributed by atoms with van der Waals surface area (Å²) in [5, 5.41) is 15.0. The maximum atomic E-state index is 12.4. The molecule has 0 saturated heterocycles. The number of ether oxygens (including phenoxy) is 3. The van der Waals surface area contributed by atoms with Crippen molar-refractivity contribution in [3.63, 3.8) is 0 Å². The Morgan fingerprint density at radius 2 is 1.83 bits per heavy atom. The topological polar surface area (TPSA) is 100 Å². The second-order valence-electron chi connectivity index (χ2n) is 6.13. The molecule has 3 aromatic rings. The first kappa shape index (κ1) is 20.1. The van der Waals surface area contributed by atoms with Gasteiger partial charge in [-0.3, -0.25) is 4.79 Å². The summed E-state index contributed by atoms with van der Waals surface area (Å²) in [6.07, 6.45) is 0.947. The minimum Gasteiger partial charge on any atom is -0.497 e. The van der Waals surface area contributed by atoms with Crippen molar-refractivity contribution in [2.24, 2.45) is 0 Å². The lowest BCUT2D eigenvalue weighted by Gasteiger charge is -2.11. The monoisotopic (exact) mass is 397 g/mol. The van der Waals surface area contributed by atoms with Crippen molar-refractivity contribution in [2.75, 3.05) is 26.1 Å². The van der Waals surface area contributed by atoms with Gasteiger partial charge in [-0.05, 0) is 48.0 Å². The lowest BCUT2D eigenvalue weighted by atomic mass is 10.2. The maximum absolute atomic E-state index is 12.4. The molecule has 2 aromatic carbocycles. The number of amides is 1. The summed E-state index contributed by atoms with van der Waals surface area (Å²) < 4.78 is 16.0. The number of benzene rings is 2. The molecule has 9 nitrogen and oxygen atoms in total. The van der Waals surface area contributed by atoms with Crippen LogP contribution in [0, 0.1) is 0 Å². The summed E-state index contributed by atoms with van der Waals surface area (Å²) in [5.74, 6) is 2.04. The molecule has 0 radical (unpaired) electrons. The van der Waals surface area contributed by atoms with Crippen molar-refractivity contribution in [2.45, 2.75) is 19.9 Å². The van der Waals surface area contributed by atoms with E-state index >= 15 is 0 Å². The van der Waals surface area contributed by atoms with Crippen LogP contribution < -0.4 is 19.5 Å². The van der Waals surface area contributed by atoms with Crippen molar-refractivity contribution < 1.29 is 19.0 Å². The fourth-order valence-electron chi connectivity index (χ4n) is 2.57.